The minimum absolute atomic E-state index is 0.0255. The minimum Gasteiger partial charge on any atom is -0.385 e. The van der Waals surface area contributed by atoms with Gasteiger partial charge in [0.05, 0.1) is 10.5 Å². The summed E-state index contributed by atoms with van der Waals surface area (Å²) in [6.07, 6.45) is -1.42. The number of aliphatic hydroxyl groups is 1. The van der Waals surface area contributed by atoms with Crippen LogP contribution in [0.1, 0.15) is 17.2 Å². The highest BCUT2D eigenvalue weighted by Gasteiger charge is 2.22. The second-order valence-corrected chi connectivity index (χ2v) is 2.94. The number of benzene rings is 1. The molecule has 0 spiro atoms. The smallest absolute Gasteiger partial charge is 0.278 e. The van der Waals surface area contributed by atoms with Crippen molar-refractivity contribution < 1.29 is 14.4 Å². The van der Waals surface area contributed by atoms with Crippen LogP contribution in [0.15, 0.2) is 18.2 Å². The Balaban J connectivity index is 3.28. The molecule has 76 valence electrons. The molecular weight excluding hydrogens is 189 g/mol. The Morgan fingerprint density at radius 2 is 2.29 bits per heavy atom. The number of hydrogen-bond donors (Lipinski definition) is 1. The first-order chi connectivity index (χ1) is 6.57. The summed E-state index contributed by atoms with van der Waals surface area (Å²) < 4.78 is 12.2. The van der Waals surface area contributed by atoms with Crippen molar-refractivity contribution in [2.45, 2.75) is 13.0 Å². The molecule has 0 saturated carbocycles. The van der Waals surface area contributed by atoms with Gasteiger partial charge in [-0.1, -0.05) is 12.1 Å². The number of nitro groups is 1. The van der Waals surface area contributed by atoms with E-state index in [-0.39, 0.29) is 11.3 Å². The van der Waals surface area contributed by atoms with E-state index in [0.717, 1.165) is 0 Å². The Morgan fingerprint density at radius 1 is 1.64 bits per heavy atom. The number of hydrogen-bond acceptors (Lipinski definition) is 3. The number of aryl methyl sites for hydroxylation is 1. The number of alkyl halides is 1. The quantitative estimate of drug-likeness (QED) is 0.597. The number of para-hydroxylation sites is 1. The lowest BCUT2D eigenvalue weighted by Gasteiger charge is -2.08. The standard InChI is InChI=1S/C9H10FNO3/c1-6-3-2-4-7(8(12)5-10)9(6)11(13)14/h2-4,8,12H,5H2,1H3. The number of nitrogens with zero attached hydrogens (tertiary/aromatic N) is 1. The zero-order chi connectivity index (χ0) is 10.7. The average molecular weight is 199 g/mol. The van der Waals surface area contributed by atoms with Gasteiger partial charge in [-0.2, -0.15) is 0 Å². The average Bonchev–Trinajstić information content (AvgIpc) is 2.15. The van der Waals surface area contributed by atoms with Crippen LogP contribution in [0.25, 0.3) is 0 Å². The van der Waals surface area contributed by atoms with Gasteiger partial charge in [-0.15, -0.1) is 0 Å². The van der Waals surface area contributed by atoms with Crippen LogP contribution in [0.3, 0.4) is 0 Å². The Morgan fingerprint density at radius 3 is 2.79 bits per heavy atom. The zero-order valence-corrected chi connectivity index (χ0v) is 7.61. The van der Waals surface area contributed by atoms with Gasteiger partial charge >= 0.3 is 0 Å². The van der Waals surface area contributed by atoms with E-state index in [0.29, 0.717) is 5.56 Å². The van der Waals surface area contributed by atoms with Crippen LogP contribution in [-0.4, -0.2) is 16.7 Å². The fourth-order valence-electron chi connectivity index (χ4n) is 1.28. The minimum atomic E-state index is -1.42. The second kappa shape index (κ2) is 4.15. The molecule has 0 radical (unpaired) electrons. The molecule has 1 aromatic rings. The van der Waals surface area contributed by atoms with Crippen LogP contribution >= 0.6 is 0 Å². The van der Waals surface area contributed by atoms with E-state index in [4.69, 9.17) is 0 Å². The second-order valence-electron chi connectivity index (χ2n) is 2.94. The Kier molecular flexibility index (Phi) is 3.14. The van der Waals surface area contributed by atoms with E-state index in [9.17, 15) is 19.6 Å². The first-order valence-electron chi connectivity index (χ1n) is 4.06. The van der Waals surface area contributed by atoms with E-state index in [1.165, 1.54) is 6.07 Å². The van der Waals surface area contributed by atoms with Gasteiger partial charge in [0.15, 0.2) is 0 Å². The van der Waals surface area contributed by atoms with Gasteiger partial charge in [0.2, 0.25) is 0 Å². The van der Waals surface area contributed by atoms with Gasteiger partial charge in [-0.3, -0.25) is 10.1 Å². The highest BCUT2D eigenvalue weighted by atomic mass is 19.1. The number of halogens is 1. The topological polar surface area (TPSA) is 63.4 Å². The molecule has 0 aliphatic heterocycles. The van der Waals surface area contributed by atoms with Crippen molar-refractivity contribution in [3.63, 3.8) is 0 Å². The molecule has 0 aromatic heterocycles. The molecule has 0 fully saturated rings. The van der Waals surface area contributed by atoms with Gasteiger partial charge in [0.25, 0.3) is 5.69 Å². The summed E-state index contributed by atoms with van der Waals surface area (Å²) in [6.45, 7) is 0.525. The van der Waals surface area contributed by atoms with Crippen LogP contribution in [0.2, 0.25) is 0 Å². The molecular formula is C9H10FNO3. The normalized spacial score (nSPS) is 12.5. The number of rotatable bonds is 3. The predicted molar refractivity (Wildman–Crippen MR) is 48.8 cm³/mol. The molecule has 0 amide bonds. The first-order valence-corrected chi connectivity index (χ1v) is 4.06. The summed E-state index contributed by atoms with van der Waals surface area (Å²) in [5, 5.41) is 19.8. The molecule has 0 aliphatic carbocycles. The van der Waals surface area contributed by atoms with E-state index in [1.54, 1.807) is 19.1 Å². The molecule has 0 bridgehead atoms. The van der Waals surface area contributed by atoms with Crippen LogP contribution in [0.5, 0.6) is 0 Å². The van der Waals surface area contributed by atoms with E-state index >= 15 is 0 Å². The summed E-state index contributed by atoms with van der Waals surface area (Å²) in [4.78, 5) is 10.0. The van der Waals surface area contributed by atoms with Crippen molar-refractivity contribution in [2.75, 3.05) is 6.67 Å². The summed E-state index contributed by atoms with van der Waals surface area (Å²) >= 11 is 0. The molecule has 1 N–H and O–H groups in total. The summed E-state index contributed by atoms with van der Waals surface area (Å²) in [7, 11) is 0. The van der Waals surface area contributed by atoms with Crippen LogP contribution in [0, 0.1) is 17.0 Å². The monoisotopic (exact) mass is 199 g/mol. The third kappa shape index (κ3) is 1.88. The number of aliphatic hydroxyl groups excluding tert-OH is 1. The van der Waals surface area contributed by atoms with Gasteiger partial charge < -0.3 is 5.11 Å². The Labute approximate surface area is 80.1 Å². The van der Waals surface area contributed by atoms with Crippen molar-refractivity contribution >= 4 is 5.69 Å². The molecule has 1 unspecified atom stereocenters. The molecule has 1 aromatic carbocycles. The molecule has 5 heteroatoms. The SMILES string of the molecule is Cc1cccc(C(O)CF)c1[N+](=O)[O-]. The largest absolute Gasteiger partial charge is 0.385 e. The highest BCUT2D eigenvalue weighted by Crippen LogP contribution is 2.28. The van der Waals surface area contributed by atoms with Crippen LogP contribution in [0.4, 0.5) is 10.1 Å². The molecule has 4 nitrogen and oxygen atoms in total. The maximum absolute atomic E-state index is 12.2. The third-order valence-corrected chi connectivity index (χ3v) is 1.96. The molecule has 14 heavy (non-hydrogen) atoms. The third-order valence-electron chi connectivity index (χ3n) is 1.96. The molecule has 1 rings (SSSR count). The van der Waals surface area contributed by atoms with Crippen molar-refractivity contribution in [1.82, 2.24) is 0 Å². The van der Waals surface area contributed by atoms with Gasteiger partial charge in [-0.25, -0.2) is 4.39 Å². The lowest BCUT2D eigenvalue weighted by Crippen LogP contribution is -2.05. The summed E-state index contributed by atoms with van der Waals surface area (Å²) in [5.41, 5.74) is 0.232. The summed E-state index contributed by atoms with van der Waals surface area (Å²) in [6, 6.07) is 4.46. The van der Waals surface area contributed by atoms with Gasteiger partial charge in [0, 0.05) is 5.56 Å². The van der Waals surface area contributed by atoms with Crippen LogP contribution in [-0.2, 0) is 0 Å². The lowest BCUT2D eigenvalue weighted by molar-refractivity contribution is -0.386. The van der Waals surface area contributed by atoms with E-state index < -0.39 is 17.7 Å². The van der Waals surface area contributed by atoms with Crippen molar-refractivity contribution in [3.05, 3.63) is 39.4 Å². The molecule has 0 saturated heterocycles. The first kappa shape index (κ1) is 10.6. The fraction of sp³-hybridized carbons (Fsp3) is 0.333. The summed E-state index contributed by atoms with van der Waals surface area (Å²) in [5.74, 6) is 0. The Hall–Kier alpha value is -1.49. The predicted octanol–water partition coefficient (Wildman–Crippen LogP) is 1.91. The Bertz CT molecular complexity index is 354. The van der Waals surface area contributed by atoms with Gasteiger partial charge in [-0.05, 0) is 13.0 Å². The van der Waals surface area contributed by atoms with Crippen molar-refractivity contribution in [3.8, 4) is 0 Å². The lowest BCUT2D eigenvalue weighted by atomic mass is 10.0. The highest BCUT2D eigenvalue weighted by molar-refractivity contribution is 5.48. The van der Waals surface area contributed by atoms with E-state index in [2.05, 4.69) is 0 Å². The molecule has 1 atom stereocenters. The van der Waals surface area contributed by atoms with Crippen LogP contribution < -0.4 is 0 Å². The van der Waals surface area contributed by atoms with Gasteiger partial charge in [0.1, 0.15) is 12.8 Å². The fourth-order valence-corrected chi connectivity index (χ4v) is 1.28. The maximum atomic E-state index is 12.2. The molecule has 0 heterocycles. The van der Waals surface area contributed by atoms with Crippen molar-refractivity contribution in [2.24, 2.45) is 0 Å². The van der Waals surface area contributed by atoms with E-state index in [1.807, 2.05) is 0 Å². The number of nitro benzene ring substituents is 1. The zero-order valence-electron chi connectivity index (χ0n) is 7.61. The van der Waals surface area contributed by atoms with Crippen molar-refractivity contribution in [1.29, 1.82) is 0 Å². The maximum Gasteiger partial charge on any atom is 0.278 e. The molecule has 0 aliphatic rings.